The molecule has 0 radical (unpaired) electrons. The van der Waals surface area contributed by atoms with Crippen molar-refractivity contribution in [3.05, 3.63) is 33.4 Å². The normalized spacial score (nSPS) is 17.0. The molecule has 4 nitrogen and oxygen atoms in total. The van der Waals surface area contributed by atoms with Gasteiger partial charge in [-0.25, -0.2) is 0 Å². The lowest BCUT2D eigenvalue weighted by Gasteiger charge is -2.31. The second-order valence-electron chi connectivity index (χ2n) is 4.46. The fraction of sp³-hybridized carbons (Fsp3) is 0.385. The summed E-state index contributed by atoms with van der Waals surface area (Å²) in [6, 6.07) is 7.51. The van der Waals surface area contributed by atoms with Gasteiger partial charge in [0.1, 0.15) is 0 Å². The minimum atomic E-state index is 0.0729. The van der Waals surface area contributed by atoms with Gasteiger partial charge in [0.25, 0.3) is 0 Å². The number of nitrogens with zero attached hydrogens (tertiary/aromatic N) is 2. The molecule has 1 fully saturated rings. The van der Waals surface area contributed by atoms with Crippen LogP contribution in [0.3, 0.4) is 0 Å². The topological polar surface area (TPSA) is 40.6 Å². The van der Waals surface area contributed by atoms with Gasteiger partial charge in [0.05, 0.1) is 13.1 Å². The quantitative estimate of drug-likeness (QED) is 0.603. The summed E-state index contributed by atoms with van der Waals surface area (Å²) >= 11 is 2.21. The van der Waals surface area contributed by atoms with E-state index in [0.29, 0.717) is 25.2 Å². The van der Waals surface area contributed by atoms with E-state index in [2.05, 4.69) is 22.6 Å². The van der Waals surface area contributed by atoms with Gasteiger partial charge in [0.15, 0.2) is 5.78 Å². The van der Waals surface area contributed by atoms with Gasteiger partial charge >= 0.3 is 0 Å². The van der Waals surface area contributed by atoms with E-state index in [4.69, 9.17) is 0 Å². The highest BCUT2D eigenvalue weighted by Crippen LogP contribution is 2.09. The Labute approximate surface area is 120 Å². The number of amides is 1. The Balaban J connectivity index is 1.95. The summed E-state index contributed by atoms with van der Waals surface area (Å²) in [4.78, 5) is 27.2. The number of benzene rings is 1. The fourth-order valence-electron chi connectivity index (χ4n) is 1.87. The van der Waals surface area contributed by atoms with Crippen molar-refractivity contribution in [1.82, 2.24) is 9.80 Å². The number of hydrogen-bond donors (Lipinski definition) is 0. The molecule has 0 bridgehead atoms. The highest BCUT2D eigenvalue weighted by atomic mass is 127. The van der Waals surface area contributed by atoms with Gasteiger partial charge in [-0.2, -0.15) is 0 Å². The van der Waals surface area contributed by atoms with Crippen LogP contribution in [0, 0.1) is 3.57 Å². The Morgan fingerprint density at radius 3 is 2.56 bits per heavy atom. The SMILES string of the molecule is CN1CCN(CC(=O)c2ccc(I)cc2)CC1=O. The Morgan fingerprint density at radius 1 is 1.28 bits per heavy atom. The minimum absolute atomic E-state index is 0.0729. The number of ketones is 1. The van der Waals surface area contributed by atoms with E-state index < -0.39 is 0 Å². The highest BCUT2D eigenvalue weighted by molar-refractivity contribution is 14.1. The van der Waals surface area contributed by atoms with Gasteiger partial charge in [-0.15, -0.1) is 0 Å². The lowest BCUT2D eigenvalue weighted by molar-refractivity contribution is -0.134. The zero-order valence-corrected chi connectivity index (χ0v) is 12.4. The molecule has 5 heteroatoms. The van der Waals surface area contributed by atoms with Gasteiger partial charge in [0, 0.05) is 29.3 Å². The van der Waals surface area contributed by atoms with Crippen molar-refractivity contribution in [2.45, 2.75) is 0 Å². The molecule has 1 aliphatic rings. The minimum Gasteiger partial charge on any atom is -0.343 e. The molecule has 96 valence electrons. The summed E-state index contributed by atoms with van der Waals surface area (Å²) < 4.78 is 1.11. The third-order valence-electron chi connectivity index (χ3n) is 3.07. The van der Waals surface area contributed by atoms with Crippen molar-refractivity contribution < 1.29 is 9.59 Å². The van der Waals surface area contributed by atoms with E-state index in [1.807, 2.05) is 29.2 Å². The first-order valence-corrected chi connectivity index (χ1v) is 6.89. The number of carbonyl (C=O) groups is 2. The first-order chi connectivity index (χ1) is 8.56. The lowest BCUT2D eigenvalue weighted by Crippen LogP contribution is -2.49. The molecular formula is C13H15IN2O2. The molecule has 0 atom stereocenters. The van der Waals surface area contributed by atoms with Crippen molar-refractivity contribution in [2.24, 2.45) is 0 Å². The Bertz CT molecular complexity index is 459. The highest BCUT2D eigenvalue weighted by Gasteiger charge is 2.22. The largest absolute Gasteiger partial charge is 0.343 e. The first kappa shape index (κ1) is 13.5. The van der Waals surface area contributed by atoms with Crippen LogP contribution in [0.5, 0.6) is 0 Å². The average Bonchev–Trinajstić information content (AvgIpc) is 2.34. The number of hydrogen-bond acceptors (Lipinski definition) is 3. The summed E-state index contributed by atoms with van der Waals surface area (Å²) in [7, 11) is 1.79. The molecule has 0 spiro atoms. The molecule has 18 heavy (non-hydrogen) atoms. The van der Waals surface area contributed by atoms with E-state index in [1.54, 1.807) is 11.9 Å². The predicted molar refractivity (Wildman–Crippen MR) is 77.6 cm³/mol. The van der Waals surface area contributed by atoms with Crippen molar-refractivity contribution in [2.75, 3.05) is 33.2 Å². The number of carbonyl (C=O) groups excluding carboxylic acids is 2. The Hall–Kier alpha value is -0.950. The number of rotatable bonds is 3. The standard InChI is InChI=1S/C13H15IN2O2/c1-15-6-7-16(9-13(15)18)8-12(17)10-2-4-11(14)5-3-10/h2-5H,6-9H2,1H3. The molecule has 1 aromatic rings. The summed E-state index contributed by atoms with van der Waals surface area (Å²) in [5, 5.41) is 0. The van der Waals surface area contributed by atoms with Crippen LogP contribution < -0.4 is 0 Å². The van der Waals surface area contributed by atoms with E-state index in [-0.39, 0.29) is 11.7 Å². The maximum atomic E-state index is 12.0. The number of likely N-dealkylation sites (N-methyl/N-ethyl adjacent to an activating group) is 1. The second-order valence-corrected chi connectivity index (χ2v) is 5.70. The monoisotopic (exact) mass is 358 g/mol. The van der Waals surface area contributed by atoms with Crippen LogP contribution in [0.1, 0.15) is 10.4 Å². The molecule has 1 aromatic carbocycles. The summed E-state index contributed by atoms with van der Waals surface area (Å²) in [5.74, 6) is 0.153. The van der Waals surface area contributed by atoms with Crippen LogP contribution in [0.2, 0.25) is 0 Å². The predicted octanol–water partition coefficient (Wildman–Crippen LogP) is 1.25. The molecule has 1 aliphatic heterocycles. The number of piperazine rings is 1. The van der Waals surface area contributed by atoms with Gasteiger partial charge in [-0.1, -0.05) is 12.1 Å². The van der Waals surface area contributed by atoms with Crippen molar-refractivity contribution in [3.8, 4) is 0 Å². The number of halogens is 1. The zero-order chi connectivity index (χ0) is 13.1. The maximum Gasteiger partial charge on any atom is 0.236 e. The van der Waals surface area contributed by atoms with E-state index in [0.717, 1.165) is 10.1 Å². The van der Waals surface area contributed by atoms with Gasteiger partial charge in [-0.3, -0.25) is 14.5 Å². The van der Waals surface area contributed by atoms with Crippen LogP contribution >= 0.6 is 22.6 Å². The van der Waals surface area contributed by atoms with Crippen LogP contribution in [0.4, 0.5) is 0 Å². The summed E-state index contributed by atoms with van der Waals surface area (Å²) in [6.45, 7) is 2.12. The molecule has 2 rings (SSSR count). The molecule has 0 aliphatic carbocycles. The molecule has 1 amide bonds. The van der Waals surface area contributed by atoms with E-state index >= 15 is 0 Å². The molecule has 1 saturated heterocycles. The maximum absolute atomic E-state index is 12.0. The first-order valence-electron chi connectivity index (χ1n) is 5.81. The third-order valence-corrected chi connectivity index (χ3v) is 3.79. The molecule has 0 aromatic heterocycles. The molecular weight excluding hydrogens is 343 g/mol. The Kier molecular flexibility index (Phi) is 4.34. The second kappa shape index (κ2) is 5.79. The van der Waals surface area contributed by atoms with E-state index in [9.17, 15) is 9.59 Å². The fourth-order valence-corrected chi connectivity index (χ4v) is 2.23. The van der Waals surface area contributed by atoms with Crippen molar-refractivity contribution in [3.63, 3.8) is 0 Å². The van der Waals surface area contributed by atoms with Gasteiger partial charge < -0.3 is 4.90 Å². The molecule has 0 saturated carbocycles. The molecule has 0 unspecified atom stereocenters. The van der Waals surface area contributed by atoms with Crippen LogP contribution in [0.25, 0.3) is 0 Å². The lowest BCUT2D eigenvalue weighted by atomic mass is 10.1. The summed E-state index contributed by atoms with van der Waals surface area (Å²) in [5.41, 5.74) is 0.710. The molecule has 1 heterocycles. The van der Waals surface area contributed by atoms with Crippen LogP contribution in [-0.4, -0.2) is 54.7 Å². The third kappa shape index (κ3) is 3.29. The smallest absolute Gasteiger partial charge is 0.236 e. The van der Waals surface area contributed by atoms with Crippen molar-refractivity contribution in [1.29, 1.82) is 0 Å². The number of Topliss-reactive ketones (excluding diaryl/α,β-unsaturated/α-hetero) is 1. The van der Waals surface area contributed by atoms with Crippen LogP contribution in [-0.2, 0) is 4.79 Å². The average molecular weight is 358 g/mol. The van der Waals surface area contributed by atoms with Crippen LogP contribution in [0.15, 0.2) is 24.3 Å². The van der Waals surface area contributed by atoms with Gasteiger partial charge in [0.2, 0.25) is 5.91 Å². The van der Waals surface area contributed by atoms with Crippen molar-refractivity contribution >= 4 is 34.3 Å². The van der Waals surface area contributed by atoms with E-state index in [1.165, 1.54) is 0 Å². The summed E-state index contributed by atoms with van der Waals surface area (Å²) in [6.07, 6.45) is 0. The molecule has 0 N–H and O–H groups in total. The van der Waals surface area contributed by atoms with Gasteiger partial charge in [-0.05, 0) is 34.7 Å². The Morgan fingerprint density at radius 2 is 1.94 bits per heavy atom. The zero-order valence-electron chi connectivity index (χ0n) is 10.2.